The summed E-state index contributed by atoms with van der Waals surface area (Å²) in [6, 6.07) is 12.2. The van der Waals surface area contributed by atoms with E-state index in [9.17, 15) is 28.3 Å². The van der Waals surface area contributed by atoms with Crippen molar-refractivity contribution in [3.63, 3.8) is 0 Å². The van der Waals surface area contributed by atoms with E-state index in [4.69, 9.17) is 0 Å². The van der Waals surface area contributed by atoms with Gasteiger partial charge in [0.25, 0.3) is 17.4 Å². The highest BCUT2D eigenvalue weighted by atomic mass is 19.1. The number of pyridine rings is 1. The first-order valence-electron chi connectivity index (χ1n) is 9.63. The summed E-state index contributed by atoms with van der Waals surface area (Å²) < 4.78 is 27.1. The van der Waals surface area contributed by atoms with Crippen LogP contribution in [0.1, 0.15) is 32.0 Å². The number of aromatic hydroxyl groups is 1. The zero-order valence-corrected chi connectivity index (χ0v) is 17.4. The lowest BCUT2D eigenvalue weighted by Gasteiger charge is -2.20. The van der Waals surface area contributed by atoms with Gasteiger partial charge in [0, 0.05) is 27.2 Å². The molecule has 0 fully saturated rings. The lowest BCUT2D eigenvalue weighted by atomic mass is 10.1. The largest absolute Gasteiger partial charge is 0.502 e. The molecule has 32 heavy (non-hydrogen) atoms. The van der Waals surface area contributed by atoms with Crippen molar-refractivity contribution in [2.75, 3.05) is 7.05 Å². The summed E-state index contributed by atoms with van der Waals surface area (Å²) in [6.07, 6.45) is 0. The van der Waals surface area contributed by atoms with E-state index in [-0.39, 0.29) is 24.3 Å². The zero-order chi connectivity index (χ0) is 23.4. The number of aromatic nitrogens is 1. The molecule has 0 saturated heterocycles. The van der Waals surface area contributed by atoms with Crippen LogP contribution in [0.2, 0.25) is 0 Å². The molecule has 3 rings (SSSR count). The van der Waals surface area contributed by atoms with Crippen LogP contribution in [0.3, 0.4) is 0 Å². The van der Waals surface area contributed by atoms with E-state index in [0.717, 1.165) is 10.6 Å². The first kappa shape index (κ1) is 22.7. The minimum absolute atomic E-state index is 0.0293. The maximum Gasteiger partial charge on any atom is 0.293 e. The molecule has 0 atom stereocenters. The molecular weight excluding hydrogens is 420 g/mol. The van der Waals surface area contributed by atoms with Crippen molar-refractivity contribution in [3.05, 3.63) is 99.0 Å². The number of rotatable bonds is 6. The van der Waals surface area contributed by atoms with Gasteiger partial charge in [0.1, 0.15) is 17.3 Å². The lowest BCUT2D eigenvalue weighted by molar-refractivity contribution is 0.0774. The Morgan fingerprint density at radius 1 is 1.00 bits per heavy atom. The molecule has 0 aliphatic heterocycles. The van der Waals surface area contributed by atoms with Crippen LogP contribution >= 0.6 is 0 Å². The molecule has 1 aromatic heterocycles. The lowest BCUT2D eigenvalue weighted by Crippen LogP contribution is -2.34. The summed E-state index contributed by atoms with van der Waals surface area (Å²) in [6.45, 7) is 0.168. The standard InChI is InChI=1S/C23H21F2N3O4/c1-27(13-15-5-9-17(25)10-6-15)22(31)19-11-18(20(29)23(32)28(19)2)21(30)26-12-14-3-7-16(24)8-4-14/h3-11,29H,12-13H2,1-2H3,(H,26,30). The number of amides is 2. The van der Waals surface area contributed by atoms with E-state index in [2.05, 4.69) is 5.32 Å². The Morgan fingerprint density at radius 3 is 2.09 bits per heavy atom. The first-order chi connectivity index (χ1) is 15.2. The van der Waals surface area contributed by atoms with E-state index in [1.807, 2.05) is 0 Å². The number of halogens is 2. The molecule has 0 aliphatic carbocycles. The van der Waals surface area contributed by atoms with Gasteiger partial charge in [-0.05, 0) is 41.5 Å². The van der Waals surface area contributed by atoms with Crippen molar-refractivity contribution in [3.8, 4) is 5.75 Å². The Morgan fingerprint density at radius 2 is 1.53 bits per heavy atom. The molecule has 3 aromatic rings. The highest BCUT2D eigenvalue weighted by Crippen LogP contribution is 2.16. The fraction of sp³-hybridized carbons (Fsp3) is 0.174. The number of carbonyl (C=O) groups excluding carboxylic acids is 2. The van der Waals surface area contributed by atoms with Crippen molar-refractivity contribution in [1.82, 2.24) is 14.8 Å². The Balaban J connectivity index is 1.82. The second-order valence-corrected chi connectivity index (χ2v) is 7.25. The maximum absolute atomic E-state index is 13.1. The van der Waals surface area contributed by atoms with Crippen LogP contribution < -0.4 is 10.9 Å². The molecule has 0 bridgehead atoms. The average Bonchev–Trinajstić information content (AvgIpc) is 2.78. The van der Waals surface area contributed by atoms with Crippen LogP contribution in [0.15, 0.2) is 59.4 Å². The minimum atomic E-state index is -0.905. The average molecular weight is 441 g/mol. The van der Waals surface area contributed by atoms with Crippen LogP contribution in [-0.2, 0) is 20.1 Å². The Labute approximate surface area is 182 Å². The van der Waals surface area contributed by atoms with Crippen molar-refractivity contribution < 1.29 is 23.5 Å². The molecule has 0 aliphatic rings. The minimum Gasteiger partial charge on any atom is -0.502 e. The molecular formula is C23H21F2N3O4. The predicted molar refractivity (Wildman–Crippen MR) is 113 cm³/mol. The molecule has 7 nitrogen and oxygen atoms in total. The number of carbonyl (C=O) groups is 2. The summed E-state index contributed by atoms with van der Waals surface area (Å²) in [5.41, 5.74) is -0.0854. The summed E-state index contributed by atoms with van der Waals surface area (Å²) in [5, 5.41) is 12.7. The zero-order valence-electron chi connectivity index (χ0n) is 17.4. The summed E-state index contributed by atoms with van der Waals surface area (Å²) in [7, 11) is 2.80. The van der Waals surface area contributed by atoms with E-state index >= 15 is 0 Å². The highest BCUT2D eigenvalue weighted by molar-refractivity contribution is 6.00. The van der Waals surface area contributed by atoms with Gasteiger partial charge in [-0.3, -0.25) is 14.4 Å². The van der Waals surface area contributed by atoms with Gasteiger partial charge >= 0.3 is 0 Å². The number of hydrogen-bond acceptors (Lipinski definition) is 4. The van der Waals surface area contributed by atoms with Crippen molar-refractivity contribution >= 4 is 11.8 Å². The molecule has 166 valence electrons. The molecule has 0 radical (unpaired) electrons. The molecule has 0 spiro atoms. The SMILES string of the molecule is CN(Cc1ccc(F)cc1)C(=O)c1cc(C(=O)NCc2ccc(F)cc2)c(O)c(=O)n1C. The highest BCUT2D eigenvalue weighted by Gasteiger charge is 2.23. The fourth-order valence-electron chi connectivity index (χ4n) is 3.07. The van der Waals surface area contributed by atoms with Gasteiger partial charge < -0.3 is 19.9 Å². The number of nitrogens with zero attached hydrogens (tertiary/aromatic N) is 2. The third-order valence-corrected chi connectivity index (χ3v) is 4.91. The number of hydrogen-bond donors (Lipinski definition) is 2. The number of nitrogens with one attached hydrogen (secondary N) is 1. The summed E-state index contributed by atoms with van der Waals surface area (Å²) in [4.78, 5) is 39.2. The van der Waals surface area contributed by atoms with Crippen molar-refractivity contribution in [1.29, 1.82) is 0 Å². The second kappa shape index (κ2) is 9.42. The van der Waals surface area contributed by atoms with Gasteiger partial charge in [-0.1, -0.05) is 24.3 Å². The summed E-state index contributed by atoms with van der Waals surface area (Å²) >= 11 is 0. The third kappa shape index (κ3) is 5.00. The van der Waals surface area contributed by atoms with Gasteiger partial charge in [0.15, 0.2) is 5.75 Å². The van der Waals surface area contributed by atoms with E-state index in [1.165, 1.54) is 67.5 Å². The Hall–Kier alpha value is -4.01. The molecule has 0 unspecified atom stereocenters. The normalized spacial score (nSPS) is 10.6. The molecule has 1 heterocycles. The van der Waals surface area contributed by atoms with Gasteiger partial charge in [-0.25, -0.2) is 8.78 Å². The number of benzene rings is 2. The smallest absolute Gasteiger partial charge is 0.293 e. The fourth-order valence-corrected chi connectivity index (χ4v) is 3.07. The van der Waals surface area contributed by atoms with Crippen LogP contribution in [-0.4, -0.2) is 33.4 Å². The third-order valence-electron chi connectivity index (χ3n) is 4.91. The Bertz CT molecular complexity index is 1210. The van der Waals surface area contributed by atoms with E-state index in [1.54, 1.807) is 0 Å². The first-order valence-corrected chi connectivity index (χ1v) is 9.63. The van der Waals surface area contributed by atoms with Crippen molar-refractivity contribution in [2.45, 2.75) is 13.1 Å². The van der Waals surface area contributed by atoms with E-state index < -0.39 is 34.8 Å². The predicted octanol–water partition coefficient (Wildman–Crippen LogP) is 2.57. The van der Waals surface area contributed by atoms with E-state index in [0.29, 0.717) is 11.1 Å². The van der Waals surface area contributed by atoms with Gasteiger partial charge in [0.2, 0.25) is 0 Å². The van der Waals surface area contributed by atoms with Gasteiger partial charge in [-0.2, -0.15) is 0 Å². The van der Waals surface area contributed by atoms with Crippen LogP contribution in [0.25, 0.3) is 0 Å². The van der Waals surface area contributed by atoms with Crippen LogP contribution in [0.5, 0.6) is 5.75 Å². The molecule has 2 N–H and O–H groups in total. The summed E-state index contributed by atoms with van der Waals surface area (Å²) in [5.74, 6) is -2.94. The Kier molecular flexibility index (Phi) is 6.67. The molecule has 0 saturated carbocycles. The molecule has 2 amide bonds. The maximum atomic E-state index is 13.1. The van der Waals surface area contributed by atoms with Gasteiger partial charge in [0.05, 0.1) is 5.56 Å². The second-order valence-electron chi connectivity index (χ2n) is 7.25. The van der Waals surface area contributed by atoms with Gasteiger partial charge in [-0.15, -0.1) is 0 Å². The van der Waals surface area contributed by atoms with Crippen molar-refractivity contribution in [2.24, 2.45) is 7.05 Å². The monoisotopic (exact) mass is 441 g/mol. The quantitative estimate of drug-likeness (QED) is 0.615. The molecule has 2 aromatic carbocycles. The topological polar surface area (TPSA) is 91.6 Å². The molecule has 9 heteroatoms. The van der Waals surface area contributed by atoms with Crippen LogP contribution in [0, 0.1) is 11.6 Å². The van der Waals surface area contributed by atoms with Crippen LogP contribution in [0.4, 0.5) is 8.78 Å².